The molecule has 2 fully saturated rings. The van der Waals surface area contributed by atoms with Gasteiger partial charge in [0, 0.05) is 12.2 Å². The molecule has 130 valence electrons. The van der Waals surface area contributed by atoms with Gasteiger partial charge in [-0.2, -0.15) is 0 Å². The lowest BCUT2D eigenvalue weighted by Gasteiger charge is -2.22. The van der Waals surface area contributed by atoms with Crippen LogP contribution >= 0.6 is 0 Å². The standard InChI is InChI=1S/C18H17FN2O3S/c19-14-6-4-5-13(9-14)10-20-16-11-25(23,24)12-17(16)21(18(20)22)15-7-2-1-3-8-15/h1-9,16-17H,10-12H2/t16-,17+/m0/s1. The van der Waals surface area contributed by atoms with Gasteiger partial charge >= 0.3 is 6.03 Å². The minimum Gasteiger partial charge on any atom is -0.314 e. The van der Waals surface area contributed by atoms with Crippen molar-refractivity contribution in [1.29, 1.82) is 0 Å². The molecule has 2 atom stereocenters. The van der Waals surface area contributed by atoms with Gasteiger partial charge in [-0.05, 0) is 29.8 Å². The summed E-state index contributed by atoms with van der Waals surface area (Å²) in [6.45, 7) is 0.191. The highest BCUT2D eigenvalue weighted by Crippen LogP contribution is 2.35. The molecule has 2 amide bonds. The van der Waals surface area contributed by atoms with E-state index in [9.17, 15) is 17.6 Å². The van der Waals surface area contributed by atoms with Gasteiger partial charge in [0.2, 0.25) is 0 Å². The number of amides is 2. The number of para-hydroxylation sites is 1. The molecule has 5 nitrogen and oxygen atoms in total. The number of fused-ring (bicyclic) bond motifs is 1. The Morgan fingerprint density at radius 2 is 1.72 bits per heavy atom. The molecule has 2 aromatic rings. The average Bonchev–Trinajstić information content (AvgIpc) is 3.00. The number of nitrogens with zero attached hydrogens (tertiary/aromatic N) is 2. The largest absolute Gasteiger partial charge is 0.325 e. The third kappa shape index (κ3) is 2.89. The molecule has 2 aliphatic heterocycles. The zero-order chi connectivity index (χ0) is 17.6. The second-order valence-corrected chi connectivity index (χ2v) is 8.61. The lowest BCUT2D eigenvalue weighted by molar-refractivity contribution is 0.206. The third-order valence-electron chi connectivity index (χ3n) is 4.75. The number of rotatable bonds is 3. The van der Waals surface area contributed by atoms with Gasteiger partial charge in [-0.3, -0.25) is 4.90 Å². The SMILES string of the molecule is O=C1N(Cc2cccc(F)c2)[C@H]2CS(=O)(=O)C[C@H]2N1c1ccccc1. The number of urea groups is 1. The molecule has 25 heavy (non-hydrogen) atoms. The van der Waals surface area contributed by atoms with Crippen LogP contribution in [0.5, 0.6) is 0 Å². The zero-order valence-corrected chi connectivity index (χ0v) is 14.2. The van der Waals surface area contributed by atoms with E-state index in [0.29, 0.717) is 11.3 Å². The zero-order valence-electron chi connectivity index (χ0n) is 13.4. The quantitative estimate of drug-likeness (QED) is 0.790. The lowest BCUT2D eigenvalue weighted by Crippen LogP contribution is -2.37. The molecule has 0 spiro atoms. The molecule has 0 aromatic heterocycles. The number of carbonyl (C=O) groups excluding carboxylic acids is 1. The maximum absolute atomic E-state index is 13.5. The fourth-order valence-electron chi connectivity index (χ4n) is 3.68. The van der Waals surface area contributed by atoms with Gasteiger partial charge in [0.15, 0.2) is 9.84 Å². The number of hydrogen-bond acceptors (Lipinski definition) is 3. The molecular formula is C18H17FN2O3S. The molecule has 2 heterocycles. The van der Waals surface area contributed by atoms with Crippen LogP contribution in [0.15, 0.2) is 54.6 Å². The van der Waals surface area contributed by atoms with E-state index in [1.165, 1.54) is 12.1 Å². The van der Waals surface area contributed by atoms with E-state index >= 15 is 0 Å². The highest BCUT2D eigenvalue weighted by Gasteiger charge is 2.53. The van der Waals surface area contributed by atoms with E-state index in [1.807, 2.05) is 18.2 Å². The van der Waals surface area contributed by atoms with Crippen LogP contribution in [0.2, 0.25) is 0 Å². The second-order valence-electron chi connectivity index (χ2n) is 6.46. The molecule has 0 saturated carbocycles. The van der Waals surface area contributed by atoms with Crippen molar-refractivity contribution in [3.63, 3.8) is 0 Å². The Bertz CT molecular complexity index is 917. The molecule has 0 unspecified atom stereocenters. The van der Waals surface area contributed by atoms with Crippen LogP contribution in [0.1, 0.15) is 5.56 Å². The van der Waals surface area contributed by atoms with Crippen LogP contribution in [0.25, 0.3) is 0 Å². The van der Waals surface area contributed by atoms with Crippen molar-refractivity contribution >= 4 is 21.6 Å². The summed E-state index contributed by atoms with van der Waals surface area (Å²) in [6, 6.07) is 14.0. The molecular weight excluding hydrogens is 343 g/mol. The summed E-state index contributed by atoms with van der Waals surface area (Å²) < 4.78 is 37.8. The first-order chi connectivity index (χ1) is 11.9. The smallest absolute Gasteiger partial charge is 0.314 e. The summed E-state index contributed by atoms with van der Waals surface area (Å²) in [5.41, 5.74) is 1.33. The summed E-state index contributed by atoms with van der Waals surface area (Å²) in [5, 5.41) is 0. The topological polar surface area (TPSA) is 57.7 Å². The van der Waals surface area contributed by atoms with Gasteiger partial charge in [0.05, 0.1) is 23.6 Å². The molecule has 4 rings (SSSR count). The first-order valence-corrected chi connectivity index (χ1v) is 9.86. The fourth-order valence-corrected chi connectivity index (χ4v) is 5.63. The van der Waals surface area contributed by atoms with Crippen molar-refractivity contribution in [1.82, 2.24) is 4.90 Å². The van der Waals surface area contributed by atoms with E-state index in [0.717, 1.165) is 0 Å². The maximum atomic E-state index is 13.5. The maximum Gasteiger partial charge on any atom is 0.325 e. The van der Waals surface area contributed by atoms with Crippen molar-refractivity contribution in [3.8, 4) is 0 Å². The molecule has 0 bridgehead atoms. The Balaban J connectivity index is 1.71. The van der Waals surface area contributed by atoms with Gasteiger partial charge in [-0.15, -0.1) is 0 Å². The van der Waals surface area contributed by atoms with Crippen LogP contribution < -0.4 is 4.90 Å². The first-order valence-electron chi connectivity index (χ1n) is 8.04. The van der Waals surface area contributed by atoms with Crippen LogP contribution in [0, 0.1) is 5.82 Å². The molecule has 7 heteroatoms. The molecule has 2 saturated heterocycles. The van der Waals surface area contributed by atoms with Crippen molar-refractivity contribution in [2.75, 3.05) is 16.4 Å². The third-order valence-corrected chi connectivity index (χ3v) is 6.45. The monoisotopic (exact) mass is 360 g/mol. The Labute approximate surface area is 145 Å². The number of hydrogen-bond donors (Lipinski definition) is 0. The minimum atomic E-state index is -3.21. The molecule has 2 aliphatic rings. The highest BCUT2D eigenvalue weighted by atomic mass is 32.2. The molecule has 0 N–H and O–H groups in total. The Morgan fingerprint density at radius 3 is 2.44 bits per heavy atom. The van der Waals surface area contributed by atoms with Crippen LogP contribution in [-0.2, 0) is 16.4 Å². The van der Waals surface area contributed by atoms with E-state index < -0.39 is 21.9 Å². The van der Waals surface area contributed by atoms with Gasteiger partial charge in [-0.1, -0.05) is 30.3 Å². The average molecular weight is 360 g/mol. The van der Waals surface area contributed by atoms with Gasteiger partial charge in [0.1, 0.15) is 5.82 Å². The number of carbonyl (C=O) groups is 1. The van der Waals surface area contributed by atoms with Crippen LogP contribution in [0.4, 0.5) is 14.9 Å². The van der Waals surface area contributed by atoms with Gasteiger partial charge in [-0.25, -0.2) is 17.6 Å². The number of anilines is 1. The Morgan fingerprint density at radius 1 is 1.00 bits per heavy atom. The highest BCUT2D eigenvalue weighted by molar-refractivity contribution is 7.91. The summed E-state index contributed by atoms with van der Waals surface area (Å²) in [7, 11) is -3.21. The predicted molar refractivity (Wildman–Crippen MR) is 92.5 cm³/mol. The Hall–Kier alpha value is -2.41. The van der Waals surface area contributed by atoms with Gasteiger partial charge in [0.25, 0.3) is 0 Å². The number of sulfone groups is 1. The summed E-state index contributed by atoms with van der Waals surface area (Å²) in [4.78, 5) is 16.1. The van der Waals surface area contributed by atoms with E-state index in [1.54, 1.807) is 34.1 Å². The normalized spacial score (nSPS) is 24.6. The minimum absolute atomic E-state index is 0.0437. The molecule has 0 aliphatic carbocycles. The van der Waals surface area contributed by atoms with Crippen molar-refractivity contribution in [2.24, 2.45) is 0 Å². The number of halogens is 1. The summed E-state index contributed by atoms with van der Waals surface area (Å²) in [5.74, 6) is -0.473. The summed E-state index contributed by atoms with van der Waals surface area (Å²) >= 11 is 0. The number of benzene rings is 2. The predicted octanol–water partition coefficient (Wildman–Crippen LogP) is 2.43. The van der Waals surface area contributed by atoms with Crippen LogP contribution in [-0.4, -0.2) is 42.9 Å². The second kappa shape index (κ2) is 5.84. The Kier molecular flexibility index (Phi) is 3.76. The van der Waals surface area contributed by atoms with E-state index in [-0.39, 0.29) is 29.9 Å². The molecule has 0 radical (unpaired) electrons. The van der Waals surface area contributed by atoms with E-state index in [2.05, 4.69) is 0 Å². The first kappa shape index (κ1) is 16.1. The summed E-state index contributed by atoms with van der Waals surface area (Å²) in [6.07, 6.45) is 0. The van der Waals surface area contributed by atoms with Crippen LogP contribution in [0.3, 0.4) is 0 Å². The molecule has 2 aromatic carbocycles. The fraction of sp³-hybridized carbons (Fsp3) is 0.278. The van der Waals surface area contributed by atoms with Crippen molar-refractivity contribution < 1.29 is 17.6 Å². The van der Waals surface area contributed by atoms with Crippen molar-refractivity contribution in [3.05, 3.63) is 66.0 Å². The van der Waals surface area contributed by atoms with Crippen molar-refractivity contribution in [2.45, 2.75) is 18.6 Å². The van der Waals surface area contributed by atoms with Gasteiger partial charge < -0.3 is 4.90 Å². The lowest BCUT2D eigenvalue weighted by atomic mass is 10.1. The van der Waals surface area contributed by atoms with E-state index in [4.69, 9.17) is 0 Å².